The largest absolute Gasteiger partial charge is 0.439 e. The third-order valence-corrected chi connectivity index (χ3v) is 5.62. The van der Waals surface area contributed by atoms with Gasteiger partial charge in [0.1, 0.15) is 17.8 Å². The van der Waals surface area contributed by atoms with Gasteiger partial charge in [0, 0.05) is 42.8 Å². The van der Waals surface area contributed by atoms with Crippen LogP contribution in [0.3, 0.4) is 0 Å². The van der Waals surface area contributed by atoms with E-state index in [9.17, 15) is 18.0 Å². The van der Waals surface area contributed by atoms with Gasteiger partial charge >= 0.3 is 12.2 Å². The van der Waals surface area contributed by atoms with Gasteiger partial charge < -0.3 is 10.1 Å². The summed E-state index contributed by atoms with van der Waals surface area (Å²) in [7, 11) is 1.16. The first kappa shape index (κ1) is 21.9. The van der Waals surface area contributed by atoms with E-state index in [4.69, 9.17) is 4.74 Å². The smallest absolute Gasteiger partial charge is 0.433 e. The Balaban J connectivity index is 1.37. The SMILES string of the molecule is C[C@H]1Cc2c(ncnc2Oc2ccc3c(ccn3C(=O)Nc3cc(C(F)(F)F)n(C)n3)c2)CN1. The van der Waals surface area contributed by atoms with Crippen molar-refractivity contribution in [3.8, 4) is 11.6 Å². The van der Waals surface area contributed by atoms with Crippen molar-refractivity contribution in [3.63, 3.8) is 0 Å². The molecule has 4 aromatic rings. The first-order valence-corrected chi connectivity index (χ1v) is 10.5. The highest BCUT2D eigenvalue weighted by molar-refractivity contribution is 5.98. The number of carbonyl (C=O) groups is 1. The molecule has 0 fully saturated rings. The summed E-state index contributed by atoms with van der Waals surface area (Å²) in [6.07, 6.45) is -0.836. The fraction of sp³-hybridized carbons (Fsp3) is 0.273. The van der Waals surface area contributed by atoms with Crippen molar-refractivity contribution in [2.45, 2.75) is 32.1 Å². The molecule has 3 aromatic heterocycles. The van der Waals surface area contributed by atoms with E-state index in [1.54, 1.807) is 24.3 Å². The second-order valence-electron chi connectivity index (χ2n) is 8.06. The number of hydrogen-bond acceptors (Lipinski definition) is 6. The topological polar surface area (TPSA) is 98.9 Å². The summed E-state index contributed by atoms with van der Waals surface area (Å²) >= 11 is 0. The van der Waals surface area contributed by atoms with Crippen LogP contribution in [-0.4, -0.2) is 36.4 Å². The third-order valence-electron chi connectivity index (χ3n) is 5.62. The van der Waals surface area contributed by atoms with Crippen LogP contribution in [0.5, 0.6) is 11.6 Å². The zero-order valence-corrected chi connectivity index (χ0v) is 18.2. The lowest BCUT2D eigenvalue weighted by atomic mass is 10.0. The van der Waals surface area contributed by atoms with Crippen LogP contribution in [0, 0.1) is 0 Å². The first-order chi connectivity index (χ1) is 16.2. The van der Waals surface area contributed by atoms with Gasteiger partial charge in [0.15, 0.2) is 5.82 Å². The number of anilines is 1. The number of aryl methyl sites for hydroxylation is 1. The predicted molar refractivity (Wildman–Crippen MR) is 117 cm³/mol. The highest BCUT2D eigenvalue weighted by Gasteiger charge is 2.35. The second kappa shape index (κ2) is 8.13. The number of benzene rings is 1. The molecule has 0 bridgehead atoms. The molecule has 34 heavy (non-hydrogen) atoms. The average molecular weight is 471 g/mol. The summed E-state index contributed by atoms with van der Waals surface area (Å²) in [5, 5.41) is 10.2. The number of nitrogens with zero attached hydrogens (tertiary/aromatic N) is 5. The molecule has 1 amide bonds. The Labute approximate surface area is 191 Å². The van der Waals surface area contributed by atoms with Crippen LogP contribution in [0.15, 0.2) is 42.9 Å². The first-order valence-electron chi connectivity index (χ1n) is 10.5. The van der Waals surface area contributed by atoms with E-state index in [2.05, 4.69) is 32.6 Å². The van der Waals surface area contributed by atoms with Crippen molar-refractivity contribution in [1.82, 2.24) is 29.6 Å². The van der Waals surface area contributed by atoms with Gasteiger partial charge in [-0.2, -0.15) is 18.3 Å². The van der Waals surface area contributed by atoms with Crippen LogP contribution < -0.4 is 15.4 Å². The molecule has 0 spiro atoms. The standard InChI is InChI=1S/C22H20F3N7O2/c1-12-7-15-16(10-26-12)27-11-28-20(15)34-14-3-4-17-13(8-14)5-6-32(17)21(33)29-19-9-18(22(23,24)25)31(2)30-19/h3-6,8-9,11-12,26H,7,10H2,1-2H3,(H,29,30,33)/t12-/m0/s1. The minimum atomic E-state index is -4.57. The maximum Gasteiger partial charge on any atom is 0.433 e. The quantitative estimate of drug-likeness (QED) is 0.467. The molecule has 0 radical (unpaired) electrons. The number of halogens is 3. The monoisotopic (exact) mass is 471 g/mol. The highest BCUT2D eigenvalue weighted by Crippen LogP contribution is 2.32. The van der Waals surface area contributed by atoms with Crippen LogP contribution in [0.4, 0.5) is 23.8 Å². The molecule has 0 saturated heterocycles. The van der Waals surface area contributed by atoms with E-state index in [1.807, 2.05) is 0 Å². The summed E-state index contributed by atoms with van der Waals surface area (Å²) in [6.45, 7) is 2.72. The van der Waals surface area contributed by atoms with Crippen LogP contribution in [0.2, 0.25) is 0 Å². The lowest BCUT2D eigenvalue weighted by molar-refractivity contribution is -0.143. The zero-order chi connectivity index (χ0) is 24.0. The molecule has 176 valence electrons. The molecule has 1 aliphatic rings. The number of ether oxygens (including phenoxy) is 1. The summed E-state index contributed by atoms with van der Waals surface area (Å²) in [5.74, 6) is 0.835. The number of hydrogen-bond donors (Lipinski definition) is 2. The fourth-order valence-electron chi connectivity index (χ4n) is 3.96. The van der Waals surface area contributed by atoms with Crippen molar-refractivity contribution >= 4 is 22.8 Å². The molecule has 5 rings (SSSR count). The Morgan fingerprint density at radius 1 is 1.24 bits per heavy atom. The number of nitrogens with one attached hydrogen (secondary N) is 2. The normalized spacial score (nSPS) is 15.9. The summed E-state index contributed by atoms with van der Waals surface area (Å²) in [5.41, 5.74) is 1.45. The summed E-state index contributed by atoms with van der Waals surface area (Å²) < 4.78 is 47.0. The van der Waals surface area contributed by atoms with Gasteiger partial charge in [-0.05, 0) is 37.6 Å². The third kappa shape index (κ3) is 4.07. The Kier molecular flexibility index (Phi) is 5.24. The van der Waals surface area contributed by atoms with Crippen LogP contribution in [-0.2, 0) is 26.2 Å². The predicted octanol–water partition coefficient (Wildman–Crippen LogP) is 4.09. The fourth-order valence-corrected chi connectivity index (χ4v) is 3.96. The molecule has 0 saturated carbocycles. The van der Waals surface area contributed by atoms with E-state index < -0.39 is 17.9 Å². The van der Waals surface area contributed by atoms with Crippen molar-refractivity contribution in [3.05, 3.63) is 59.8 Å². The van der Waals surface area contributed by atoms with Gasteiger partial charge in [0.25, 0.3) is 0 Å². The molecule has 1 atom stereocenters. The lowest BCUT2D eigenvalue weighted by Crippen LogP contribution is -2.33. The van der Waals surface area contributed by atoms with E-state index >= 15 is 0 Å². The lowest BCUT2D eigenvalue weighted by Gasteiger charge is -2.23. The van der Waals surface area contributed by atoms with E-state index in [-0.39, 0.29) is 11.9 Å². The molecule has 0 aliphatic carbocycles. The van der Waals surface area contributed by atoms with Crippen LogP contribution in [0.25, 0.3) is 10.9 Å². The van der Waals surface area contributed by atoms with Crippen molar-refractivity contribution < 1.29 is 22.7 Å². The Hall–Kier alpha value is -3.93. The molecule has 1 aromatic carbocycles. The minimum Gasteiger partial charge on any atom is -0.439 e. The maximum absolute atomic E-state index is 13.0. The van der Waals surface area contributed by atoms with E-state index in [0.717, 1.165) is 30.8 Å². The van der Waals surface area contributed by atoms with Crippen LogP contribution in [0.1, 0.15) is 23.9 Å². The average Bonchev–Trinajstić information content (AvgIpc) is 3.37. The Bertz CT molecular complexity index is 1390. The van der Waals surface area contributed by atoms with Gasteiger partial charge in [0.05, 0.1) is 11.2 Å². The van der Waals surface area contributed by atoms with Crippen molar-refractivity contribution in [2.75, 3.05) is 5.32 Å². The number of carbonyl (C=O) groups excluding carboxylic acids is 1. The van der Waals surface area contributed by atoms with E-state index in [0.29, 0.717) is 33.8 Å². The van der Waals surface area contributed by atoms with Gasteiger partial charge in [-0.1, -0.05) is 0 Å². The maximum atomic E-state index is 13.0. The van der Waals surface area contributed by atoms with Gasteiger partial charge in [0.2, 0.25) is 5.88 Å². The molecule has 1 aliphatic heterocycles. The van der Waals surface area contributed by atoms with Crippen LogP contribution >= 0.6 is 0 Å². The molecule has 0 unspecified atom stereocenters. The Morgan fingerprint density at radius 3 is 2.82 bits per heavy atom. The van der Waals surface area contributed by atoms with Crippen molar-refractivity contribution in [1.29, 1.82) is 0 Å². The molecule has 12 heteroatoms. The van der Waals surface area contributed by atoms with Crippen molar-refractivity contribution in [2.24, 2.45) is 7.05 Å². The molecule has 2 N–H and O–H groups in total. The number of fused-ring (bicyclic) bond motifs is 2. The van der Waals surface area contributed by atoms with Gasteiger partial charge in [-0.25, -0.2) is 14.8 Å². The number of amides is 1. The van der Waals surface area contributed by atoms with E-state index in [1.165, 1.54) is 17.1 Å². The molecular formula is C22H20F3N7O2. The highest BCUT2D eigenvalue weighted by atomic mass is 19.4. The second-order valence-corrected chi connectivity index (χ2v) is 8.06. The molecule has 9 nitrogen and oxygen atoms in total. The Morgan fingerprint density at radius 2 is 2.06 bits per heavy atom. The number of alkyl halides is 3. The number of aromatic nitrogens is 5. The van der Waals surface area contributed by atoms with Gasteiger partial charge in [-0.3, -0.25) is 14.6 Å². The van der Waals surface area contributed by atoms with Gasteiger partial charge in [-0.15, -0.1) is 0 Å². The summed E-state index contributed by atoms with van der Waals surface area (Å²) in [4.78, 5) is 21.3. The summed E-state index contributed by atoms with van der Waals surface area (Å²) in [6, 6.07) is 7.30. The minimum absolute atomic E-state index is 0.195. The molecule has 4 heterocycles. The molecular weight excluding hydrogens is 451 g/mol. The number of rotatable bonds is 3. The zero-order valence-electron chi connectivity index (χ0n) is 18.2.